The van der Waals surface area contributed by atoms with E-state index in [4.69, 9.17) is 61.5 Å². The number of fused-ring (bicyclic) bond motifs is 15. The lowest BCUT2D eigenvalue weighted by Gasteiger charge is -2.18. The van der Waals surface area contributed by atoms with E-state index in [1.165, 1.54) is 102 Å². The van der Waals surface area contributed by atoms with Crippen LogP contribution >= 0.6 is 0 Å². The van der Waals surface area contributed by atoms with Crippen LogP contribution in [0.4, 0.5) is 0 Å². The van der Waals surface area contributed by atoms with E-state index in [1.807, 2.05) is 110 Å². The van der Waals surface area contributed by atoms with E-state index in [1.54, 1.807) is 159 Å². The summed E-state index contributed by atoms with van der Waals surface area (Å²) in [5, 5.41) is 3.85. The van der Waals surface area contributed by atoms with E-state index in [9.17, 15) is 5.48 Å². The molecule has 0 radical (unpaired) electrons. The van der Waals surface area contributed by atoms with Crippen LogP contribution in [0, 0.1) is 82.8 Å². The molecule has 0 N–H and O–H groups in total. The van der Waals surface area contributed by atoms with Crippen LogP contribution in [0.5, 0.6) is 0 Å². The summed E-state index contributed by atoms with van der Waals surface area (Å²) in [5.41, 5.74) is 16.2. The van der Waals surface area contributed by atoms with Gasteiger partial charge in [0.2, 0.25) is 22.9 Å². The number of imidazole rings is 4. The van der Waals surface area contributed by atoms with Crippen LogP contribution in [0.15, 0.2) is 261 Å². The smallest absolute Gasteiger partial charge is 0.299 e. The third kappa shape index (κ3) is 15.7. The Bertz CT molecular complexity index is 10500. The molecule has 0 fully saturated rings. The quantitative estimate of drug-likeness (QED) is 0.0981. The standard InChI is InChI=1S/2C34H36N3O.C30H34N3O.C28H24N3O/c1-19(2)24-12-11-13-25(20(3)4)31(24)37-28-15-10-9-14-27(28)36(8)34(37)30-22(6)18-21(5)29-26-17-16-23(7)35-33(26)38-32(29)30;1-19(2)24-12-11-13-25(20(3)4)31(24)37-28-15-10-9-14-27(28)36(8)34(37)30-21(5)16-17-26-29-22(6)18-23(7)35-33(29)38-32(26)30;1-17(2)22-10-9-11-23(18(3)4)27(22)33-15-14-32(8)30(33)26-20(6)16-19(5)25-24-13-12-21(7)31-29(24)34-28(25)26;1-17-16-18(2)25(26-24(17)21-15-14-19(3)29-27(21)32-26)28-30(4)22-12-8-9-13-23(22)31(28)20-10-6-5-7-11-20/h2*9-20H,1-8H3;9-18H,1-8H3;5-16H,1-4H3/q4*+1/i1D3,3D3,5D3,19D,20D;1D3,3D3,6D3,19D,20D;1D3,3D3,5D3,17D,18D;1D3. The fourth-order valence-corrected chi connectivity index (χ4v) is 20.6. The van der Waals surface area contributed by atoms with Gasteiger partial charge in [-0.1, -0.05) is 222 Å². The summed E-state index contributed by atoms with van der Waals surface area (Å²) in [5.74, 6) is -11.3. The highest BCUT2D eigenvalue weighted by atomic mass is 16.4. The Morgan fingerprint density at radius 1 is 0.289 bits per heavy atom. The van der Waals surface area contributed by atoms with Gasteiger partial charge in [0.1, 0.15) is 57.4 Å². The van der Waals surface area contributed by atoms with Gasteiger partial charge in [-0.3, -0.25) is 0 Å². The Kier molecular flexibility index (Phi) is 15.7. The lowest BCUT2D eigenvalue weighted by molar-refractivity contribution is -0.659. The molecular weight excluding hydrogens is 1750 g/mol. The molecule has 0 aliphatic carbocycles. The second-order valence-electron chi connectivity index (χ2n) is 36.8. The maximum absolute atomic E-state index is 9.25. The Hall–Kier alpha value is -15.2. The Balaban J connectivity index is 0.000000139. The number of aromatic nitrogens is 12. The van der Waals surface area contributed by atoms with Crippen molar-refractivity contribution in [3.05, 3.63) is 344 Å². The summed E-state index contributed by atoms with van der Waals surface area (Å²) in [4.78, 5) is 18.2. The van der Waals surface area contributed by atoms with Gasteiger partial charge in [-0.05, 0) is 254 Å². The molecule has 0 spiro atoms. The minimum absolute atomic E-state index is 0.00455. The van der Waals surface area contributed by atoms with Gasteiger partial charge in [-0.15, -0.1) is 0 Å². The summed E-state index contributed by atoms with van der Waals surface area (Å²) in [6, 6.07) is 67.2. The van der Waals surface area contributed by atoms with Gasteiger partial charge in [-0.25, -0.2) is 38.2 Å². The van der Waals surface area contributed by atoms with Crippen molar-refractivity contribution in [2.24, 2.45) is 28.2 Å². The zero-order valence-electron chi connectivity index (χ0n) is 118. The molecule has 23 aromatic rings. The molecule has 0 amide bonds. The molecule has 6 atom stereocenters. The maximum atomic E-state index is 9.25. The molecule has 12 heterocycles. The zero-order valence-corrected chi connectivity index (χ0v) is 82.1. The molecule has 0 aliphatic rings. The number of rotatable bonds is 14. The minimum Gasteiger partial charge on any atom is -0.437 e. The summed E-state index contributed by atoms with van der Waals surface area (Å²) in [7, 11) is 7.36. The third-order valence-corrected chi connectivity index (χ3v) is 27.0. The highest BCUT2D eigenvalue weighted by Gasteiger charge is 2.40. The zero-order chi connectivity index (χ0) is 131. The van der Waals surface area contributed by atoms with Crippen molar-refractivity contribution in [1.29, 1.82) is 0 Å². The van der Waals surface area contributed by atoms with E-state index < -0.39 is 104 Å². The Morgan fingerprint density at radius 3 is 1.00 bits per heavy atom. The number of nitrogens with zero attached hydrogens (tertiary/aromatic N) is 12. The van der Waals surface area contributed by atoms with Crippen molar-refractivity contribution in [2.45, 2.75) is 201 Å². The highest BCUT2D eigenvalue weighted by Crippen LogP contribution is 2.49. The lowest BCUT2D eigenvalue weighted by atomic mass is 9.92. The number of benzene rings is 11. The fraction of sp³-hybridized carbons (Fsp3) is 0.270. The summed E-state index contributed by atoms with van der Waals surface area (Å²) in [6.45, 7) is -4.81. The molecule has 714 valence electrons. The molecular formula is C126H130N12O4+4. The Labute approximate surface area is 882 Å². The van der Waals surface area contributed by atoms with Crippen LogP contribution in [0.2, 0.25) is 0 Å². The molecule has 6 unspecified atom stereocenters. The SMILES string of the molecule is [2H]C([2H])([2H])c1cc(C)c(-c2n(-c3c(C([2H])(C)C([2H])([2H])[2H])cccc3C([2H])(C)C([2H])([2H])[2H])c3ccccc3[n+]2C)c2oc3nc(C)ccc3c12.[2H]C([2H])([2H])c1cc(C)c(-c2n(-c3c(C([2H])(C)C([2H])([2H])[2H])cccc3C([2H])(C)C([2H])([2H])[2H])cc[n+]2C)c2oc3nc(C)ccc3c12.[2H]C([2H])([2H])c1cc(C)c(-c2n(-c3ccccc3)c3ccccc3[n+]2C)c2oc3nc(C)ccc3c12.[2H]C([2H])([2H])c1cc(C)nc2oc3c(-c4n(-c5c(C([2H])(C)C([2H])([2H])[2H])cccc5C([2H])(C)C([2H])([2H])[2H])c5ccccc5[n+]4C)c(C)ccc3c12. The predicted octanol–water partition coefficient (Wildman–Crippen LogP) is 31.0. The molecule has 0 bridgehead atoms. The van der Waals surface area contributed by atoms with Gasteiger partial charge in [0.25, 0.3) is 23.3 Å². The molecule has 12 aromatic heterocycles. The first-order valence-electron chi connectivity index (χ1n) is 64.7. The van der Waals surface area contributed by atoms with Crippen LogP contribution in [-0.4, -0.2) is 38.2 Å². The number of hydrogen-bond donors (Lipinski definition) is 0. The summed E-state index contributed by atoms with van der Waals surface area (Å²) < 4.78 is 345. The molecule has 0 aliphatic heterocycles. The van der Waals surface area contributed by atoms with Crippen molar-refractivity contribution in [2.75, 3.05) is 0 Å². The number of pyridine rings is 4. The van der Waals surface area contributed by atoms with Crippen molar-refractivity contribution in [3.8, 4) is 68.3 Å². The number of furan rings is 4. The van der Waals surface area contributed by atoms with E-state index in [2.05, 4.69) is 53.3 Å². The predicted molar refractivity (Wildman–Crippen MR) is 584 cm³/mol. The first kappa shape index (κ1) is 60.7. The second-order valence-corrected chi connectivity index (χ2v) is 36.8. The third-order valence-electron chi connectivity index (χ3n) is 27.0. The van der Waals surface area contributed by atoms with E-state index in [-0.39, 0.29) is 101 Å². The van der Waals surface area contributed by atoms with E-state index in [0.717, 1.165) is 39.4 Å². The molecule has 16 heteroatoms. The van der Waals surface area contributed by atoms with Crippen molar-refractivity contribution in [1.82, 2.24) is 38.2 Å². The molecule has 0 saturated heterocycles. The normalized spacial score (nSPS) is 19.1. The minimum atomic E-state index is -2.85. The van der Waals surface area contributed by atoms with Gasteiger partial charge in [0.15, 0.2) is 55.4 Å². The van der Waals surface area contributed by atoms with Gasteiger partial charge in [0.05, 0.1) is 33.6 Å². The van der Waals surface area contributed by atoms with Crippen LogP contribution in [0.1, 0.15) is 268 Å². The highest BCUT2D eigenvalue weighted by molar-refractivity contribution is 6.14. The second kappa shape index (κ2) is 36.8. The number of para-hydroxylation sites is 10. The van der Waals surface area contributed by atoms with Crippen LogP contribution < -0.4 is 18.3 Å². The van der Waals surface area contributed by atoms with Crippen molar-refractivity contribution >= 4 is 121 Å². The molecule has 11 aromatic carbocycles. The molecule has 16 nitrogen and oxygen atoms in total. The van der Waals surface area contributed by atoms with Crippen molar-refractivity contribution < 1.29 is 85.3 Å². The average molecular weight is 1910 g/mol. The number of aryl methyl sites for hydroxylation is 16. The lowest BCUT2D eigenvalue weighted by Crippen LogP contribution is -2.30. The first-order valence-corrected chi connectivity index (χ1v) is 46.7. The van der Waals surface area contributed by atoms with Gasteiger partial charge in [0, 0.05) is 143 Å². The van der Waals surface area contributed by atoms with Crippen LogP contribution in [-0.2, 0) is 28.2 Å². The van der Waals surface area contributed by atoms with Gasteiger partial charge in [-0.2, -0.15) is 18.3 Å². The van der Waals surface area contributed by atoms with Crippen LogP contribution in [0.25, 0.3) is 190 Å². The van der Waals surface area contributed by atoms with Gasteiger partial charge < -0.3 is 17.7 Å². The average Bonchev–Trinajstić information content (AvgIpc) is 1.55. The fourth-order valence-electron chi connectivity index (χ4n) is 20.6. The maximum Gasteiger partial charge on any atom is 0.299 e. The molecule has 142 heavy (non-hydrogen) atoms. The molecule has 23 rings (SSSR count). The number of hydrogen-bond acceptors (Lipinski definition) is 8. The largest absolute Gasteiger partial charge is 0.437 e. The van der Waals surface area contributed by atoms with Crippen LogP contribution in [0.3, 0.4) is 0 Å². The summed E-state index contributed by atoms with van der Waals surface area (Å²) in [6.07, 6.45) is 3.29. The van der Waals surface area contributed by atoms with Gasteiger partial charge >= 0.3 is 0 Å². The molecule has 0 saturated carbocycles. The van der Waals surface area contributed by atoms with E-state index >= 15 is 0 Å². The topological polar surface area (TPSA) is 139 Å². The monoisotopic (exact) mass is 1910 g/mol. The Morgan fingerprint density at radius 2 is 0.613 bits per heavy atom. The first-order chi connectivity index (χ1) is 82.2. The van der Waals surface area contributed by atoms with E-state index in [0.29, 0.717) is 150 Å². The van der Waals surface area contributed by atoms with Crippen molar-refractivity contribution in [3.63, 3.8) is 0 Å². The summed E-state index contributed by atoms with van der Waals surface area (Å²) >= 11 is 0.